The van der Waals surface area contributed by atoms with Crippen LogP contribution in [0.3, 0.4) is 0 Å². The first-order chi connectivity index (χ1) is 7.58. The van der Waals surface area contributed by atoms with Crippen molar-refractivity contribution in [3.05, 3.63) is 58.6 Å². The lowest BCUT2D eigenvalue weighted by molar-refractivity contribution is 1.03. The largest absolute Gasteiger partial charge is 0.271 e. The van der Waals surface area contributed by atoms with E-state index in [1.54, 1.807) is 25.4 Å². The molecular weight excluding hydrogens is 200 g/mol. The number of aryl methyl sites for hydroxylation is 1. The van der Waals surface area contributed by atoms with Crippen LogP contribution in [0.2, 0.25) is 0 Å². The second-order valence-electron chi connectivity index (χ2n) is 3.59. The number of nitrogens with zero attached hydrogens (tertiary/aromatic N) is 2. The molecule has 0 saturated heterocycles. The standard InChI is InChI=1S/C13H16N2O/c1-5-10(2)8-12(14-4)15-9-11(3)6-7-13(15)16/h5-9H,1H2,2-4H3/b10-8-,14-12?. The summed E-state index contributed by atoms with van der Waals surface area (Å²) >= 11 is 0. The molecule has 1 aromatic rings. The molecule has 0 saturated carbocycles. The fourth-order valence-corrected chi connectivity index (χ4v) is 1.28. The highest BCUT2D eigenvalue weighted by Crippen LogP contribution is 1.98. The van der Waals surface area contributed by atoms with Crippen LogP contribution in [-0.4, -0.2) is 17.5 Å². The van der Waals surface area contributed by atoms with Crippen molar-refractivity contribution in [2.45, 2.75) is 13.8 Å². The van der Waals surface area contributed by atoms with Crippen molar-refractivity contribution in [3.63, 3.8) is 0 Å². The molecule has 1 heterocycles. The molecule has 3 heteroatoms. The van der Waals surface area contributed by atoms with Gasteiger partial charge in [0, 0.05) is 19.3 Å². The first kappa shape index (κ1) is 12.2. The minimum atomic E-state index is -0.0840. The van der Waals surface area contributed by atoms with Gasteiger partial charge in [0.15, 0.2) is 0 Å². The van der Waals surface area contributed by atoms with Crippen molar-refractivity contribution in [1.29, 1.82) is 0 Å². The molecule has 1 rings (SSSR count). The number of rotatable bonds is 2. The summed E-state index contributed by atoms with van der Waals surface area (Å²) in [6.07, 6.45) is 5.33. The number of hydrogen-bond acceptors (Lipinski definition) is 2. The third-order valence-corrected chi connectivity index (χ3v) is 2.21. The summed E-state index contributed by atoms with van der Waals surface area (Å²) in [6, 6.07) is 3.33. The van der Waals surface area contributed by atoms with Gasteiger partial charge in [-0.05, 0) is 31.1 Å². The van der Waals surface area contributed by atoms with E-state index in [1.807, 2.05) is 19.9 Å². The van der Waals surface area contributed by atoms with E-state index in [0.29, 0.717) is 5.84 Å². The van der Waals surface area contributed by atoms with Gasteiger partial charge in [-0.1, -0.05) is 18.7 Å². The third-order valence-electron chi connectivity index (χ3n) is 2.21. The maximum absolute atomic E-state index is 11.7. The molecule has 84 valence electrons. The number of aromatic nitrogens is 1. The van der Waals surface area contributed by atoms with Crippen molar-refractivity contribution in [2.24, 2.45) is 4.99 Å². The van der Waals surface area contributed by atoms with Crippen molar-refractivity contribution in [3.8, 4) is 0 Å². The monoisotopic (exact) mass is 216 g/mol. The Morgan fingerprint density at radius 3 is 2.75 bits per heavy atom. The quantitative estimate of drug-likeness (QED) is 0.424. The van der Waals surface area contributed by atoms with E-state index in [1.165, 1.54) is 10.6 Å². The van der Waals surface area contributed by atoms with Gasteiger partial charge in [0.1, 0.15) is 5.84 Å². The number of pyridine rings is 1. The van der Waals surface area contributed by atoms with Gasteiger partial charge in [0.2, 0.25) is 0 Å². The van der Waals surface area contributed by atoms with Gasteiger partial charge in [-0.3, -0.25) is 14.4 Å². The molecule has 0 radical (unpaired) electrons. The van der Waals surface area contributed by atoms with Crippen LogP contribution in [0.1, 0.15) is 12.5 Å². The zero-order valence-corrected chi connectivity index (χ0v) is 9.90. The summed E-state index contributed by atoms with van der Waals surface area (Å²) in [6.45, 7) is 7.52. The predicted molar refractivity (Wildman–Crippen MR) is 68.2 cm³/mol. The van der Waals surface area contributed by atoms with E-state index in [-0.39, 0.29) is 5.56 Å². The van der Waals surface area contributed by atoms with E-state index in [4.69, 9.17) is 0 Å². The topological polar surface area (TPSA) is 34.4 Å². The zero-order valence-electron chi connectivity index (χ0n) is 9.90. The highest BCUT2D eigenvalue weighted by molar-refractivity contribution is 5.95. The van der Waals surface area contributed by atoms with Crippen molar-refractivity contribution < 1.29 is 0 Å². The van der Waals surface area contributed by atoms with Gasteiger partial charge in [0.25, 0.3) is 5.56 Å². The Bertz CT molecular complexity index is 507. The van der Waals surface area contributed by atoms with Crippen LogP contribution in [0.15, 0.2) is 52.4 Å². The van der Waals surface area contributed by atoms with Crippen LogP contribution in [0.4, 0.5) is 0 Å². The summed E-state index contributed by atoms with van der Waals surface area (Å²) in [5.74, 6) is 0.617. The fourth-order valence-electron chi connectivity index (χ4n) is 1.28. The van der Waals surface area contributed by atoms with Crippen LogP contribution < -0.4 is 5.56 Å². The number of aliphatic imine (C=N–C) groups is 1. The molecule has 0 aliphatic rings. The Hall–Kier alpha value is -1.90. The summed E-state index contributed by atoms with van der Waals surface area (Å²) in [5, 5.41) is 0. The SMILES string of the molecule is C=C/C(C)=C\C(=NC)n1cc(C)ccc1=O. The van der Waals surface area contributed by atoms with Crippen molar-refractivity contribution in [1.82, 2.24) is 4.57 Å². The minimum absolute atomic E-state index is 0.0840. The van der Waals surface area contributed by atoms with Crippen molar-refractivity contribution in [2.75, 3.05) is 7.05 Å². The smallest absolute Gasteiger partial charge is 0.256 e. The van der Waals surface area contributed by atoms with Gasteiger partial charge in [-0.15, -0.1) is 0 Å². The molecule has 1 aromatic heterocycles. The van der Waals surface area contributed by atoms with Crippen LogP contribution in [-0.2, 0) is 0 Å². The highest BCUT2D eigenvalue weighted by atomic mass is 16.1. The van der Waals surface area contributed by atoms with E-state index in [9.17, 15) is 4.79 Å². The van der Waals surface area contributed by atoms with Gasteiger partial charge < -0.3 is 0 Å². The van der Waals surface area contributed by atoms with E-state index >= 15 is 0 Å². The summed E-state index contributed by atoms with van der Waals surface area (Å²) < 4.78 is 1.53. The summed E-state index contributed by atoms with van der Waals surface area (Å²) in [7, 11) is 1.66. The average molecular weight is 216 g/mol. The molecule has 0 N–H and O–H groups in total. The molecule has 0 fully saturated rings. The Kier molecular flexibility index (Phi) is 4.00. The molecule has 0 aromatic carbocycles. The molecule has 0 aliphatic carbocycles. The molecule has 0 unspecified atom stereocenters. The maximum atomic E-state index is 11.7. The third kappa shape index (κ3) is 2.79. The lowest BCUT2D eigenvalue weighted by atomic mass is 10.2. The molecule has 0 bridgehead atoms. The van der Waals surface area contributed by atoms with Gasteiger partial charge in [0.05, 0.1) is 0 Å². The second kappa shape index (κ2) is 5.26. The van der Waals surface area contributed by atoms with Crippen LogP contribution >= 0.6 is 0 Å². The van der Waals surface area contributed by atoms with Crippen molar-refractivity contribution >= 4 is 5.84 Å². The van der Waals surface area contributed by atoms with Gasteiger partial charge in [-0.25, -0.2) is 0 Å². The van der Waals surface area contributed by atoms with Gasteiger partial charge >= 0.3 is 0 Å². The van der Waals surface area contributed by atoms with E-state index in [2.05, 4.69) is 11.6 Å². The zero-order chi connectivity index (χ0) is 12.1. The van der Waals surface area contributed by atoms with E-state index in [0.717, 1.165) is 11.1 Å². The first-order valence-electron chi connectivity index (χ1n) is 5.05. The highest BCUT2D eigenvalue weighted by Gasteiger charge is 2.01. The number of hydrogen-bond donors (Lipinski definition) is 0. The van der Waals surface area contributed by atoms with Gasteiger partial charge in [-0.2, -0.15) is 0 Å². The Morgan fingerprint density at radius 1 is 1.50 bits per heavy atom. The molecular formula is C13H16N2O. The van der Waals surface area contributed by atoms with E-state index < -0.39 is 0 Å². The summed E-state index contributed by atoms with van der Waals surface area (Å²) in [4.78, 5) is 15.8. The molecule has 3 nitrogen and oxygen atoms in total. The molecule has 0 spiro atoms. The lowest BCUT2D eigenvalue weighted by Crippen LogP contribution is -2.25. The minimum Gasteiger partial charge on any atom is -0.271 e. The molecule has 0 amide bonds. The maximum Gasteiger partial charge on any atom is 0.256 e. The number of allylic oxidation sites excluding steroid dienone is 3. The molecule has 0 aliphatic heterocycles. The van der Waals surface area contributed by atoms with Crippen LogP contribution in [0.25, 0.3) is 0 Å². The summed E-state index contributed by atoms with van der Waals surface area (Å²) in [5.41, 5.74) is 1.90. The predicted octanol–water partition coefficient (Wildman–Crippen LogP) is 2.17. The Labute approximate surface area is 95.5 Å². The second-order valence-corrected chi connectivity index (χ2v) is 3.59. The van der Waals surface area contributed by atoms with Crippen LogP contribution in [0.5, 0.6) is 0 Å². The first-order valence-corrected chi connectivity index (χ1v) is 5.05. The normalized spacial score (nSPS) is 12.7. The van der Waals surface area contributed by atoms with Crippen LogP contribution in [0, 0.1) is 6.92 Å². The molecule has 16 heavy (non-hydrogen) atoms. The fraction of sp³-hybridized carbons (Fsp3) is 0.231. The Balaban J connectivity index is 3.30. The lowest BCUT2D eigenvalue weighted by Gasteiger charge is -2.06. The Morgan fingerprint density at radius 2 is 2.19 bits per heavy atom. The molecule has 0 atom stereocenters. The average Bonchev–Trinajstić information content (AvgIpc) is 2.29.